The van der Waals surface area contributed by atoms with Crippen LogP contribution in [0.3, 0.4) is 0 Å². The normalized spacial score (nSPS) is 17.2. The van der Waals surface area contributed by atoms with E-state index in [1.54, 1.807) is 24.3 Å². The van der Waals surface area contributed by atoms with Gasteiger partial charge in [-0.15, -0.1) is 24.8 Å². The summed E-state index contributed by atoms with van der Waals surface area (Å²) in [6.07, 6.45) is 3.29. The van der Waals surface area contributed by atoms with Gasteiger partial charge in [-0.2, -0.15) is 0 Å². The maximum absolute atomic E-state index is 13.2. The number of anilines is 1. The fourth-order valence-electron chi connectivity index (χ4n) is 3.01. The van der Waals surface area contributed by atoms with Crippen LogP contribution in [0.1, 0.15) is 12.1 Å². The molecule has 0 spiro atoms. The first-order valence-electron chi connectivity index (χ1n) is 8.56. The van der Waals surface area contributed by atoms with Crippen molar-refractivity contribution in [2.75, 3.05) is 11.9 Å². The number of alkyl halides is 2. The Labute approximate surface area is 178 Å². The molecule has 1 fully saturated rings. The van der Waals surface area contributed by atoms with Crippen LogP contribution in [0.4, 0.5) is 14.5 Å². The number of nitrogens with one attached hydrogen (secondary N) is 2. The van der Waals surface area contributed by atoms with Crippen LogP contribution < -0.4 is 15.4 Å². The van der Waals surface area contributed by atoms with Crippen LogP contribution in [0, 0.1) is 0 Å². The van der Waals surface area contributed by atoms with Crippen molar-refractivity contribution in [1.29, 1.82) is 0 Å². The second-order valence-corrected chi connectivity index (χ2v) is 6.50. The zero-order chi connectivity index (χ0) is 18.9. The summed E-state index contributed by atoms with van der Waals surface area (Å²) in [4.78, 5) is 16.6. The highest BCUT2D eigenvalue weighted by molar-refractivity contribution is 5.95. The zero-order valence-electron chi connectivity index (χ0n) is 15.2. The summed E-state index contributed by atoms with van der Waals surface area (Å²) in [6.45, 7) is -0.206. The van der Waals surface area contributed by atoms with Crippen molar-refractivity contribution in [2.45, 2.75) is 25.0 Å². The molecule has 1 unspecified atom stereocenters. The van der Waals surface area contributed by atoms with Gasteiger partial charge in [0.2, 0.25) is 5.91 Å². The lowest BCUT2D eigenvalue weighted by atomic mass is 10.2. The molecule has 0 aliphatic carbocycles. The van der Waals surface area contributed by atoms with Gasteiger partial charge in [-0.25, -0.2) is 13.8 Å². The molecule has 29 heavy (non-hydrogen) atoms. The molecule has 1 atom stereocenters. The van der Waals surface area contributed by atoms with Crippen LogP contribution in [-0.4, -0.2) is 33.8 Å². The Hall–Kier alpha value is -2.42. The second-order valence-electron chi connectivity index (χ2n) is 6.50. The van der Waals surface area contributed by atoms with E-state index in [4.69, 9.17) is 4.74 Å². The van der Waals surface area contributed by atoms with Crippen molar-refractivity contribution in [3.8, 4) is 5.75 Å². The summed E-state index contributed by atoms with van der Waals surface area (Å²) < 4.78 is 34.1. The number of halogens is 4. The number of aromatic nitrogens is 2. The Balaban J connectivity index is 0.00000150. The molecular formula is C19H20Cl2F2N4O2. The fourth-order valence-corrected chi connectivity index (χ4v) is 3.01. The molecule has 1 saturated heterocycles. The molecule has 3 heterocycles. The summed E-state index contributed by atoms with van der Waals surface area (Å²) in [5.74, 6) is -2.78. The largest absolute Gasteiger partial charge is 0.487 e. The van der Waals surface area contributed by atoms with E-state index in [1.165, 1.54) is 0 Å². The molecule has 0 radical (unpaired) electrons. The molecule has 6 nitrogen and oxygen atoms in total. The highest BCUT2D eigenvalue weighted by Gasteiger charge is 2.42. The molecule has 1 aromatic carbocycles. The molecular weight excluding hydrogens is 425 g/mol. The van der Waals surface area contributed by atoms with Gasteiger partial charge in [0.15, 0.2) is 0 Å². The number of imidazole rings is 1. The molecule has 1 amide bonds. The number of pyridine rings is 1. The minimum atomic E-state index is -2.85. The second kappa shape index (κ2) is 9.39. The molecule has 0 bridgehead atoms. The highest BCUT2D eigenvalue weighted by atomic mass is 35.5. The van der Waals surface area contributed by atoms with Crippen molar-refractivity contribution in [3.05, 3.63) is 60.6 Å². The topological polar surface area (TPSA) is 67.7 Å². The minimum absolute atomic E-state index is 0. The quantitative estimate of drug-likeness (QED) is 0.629. The van der Waals surface area contributed by atoms with Gasteiger partial charge in [0.25, 0.3) is 5.92 Å². The Morgan fingerprint density at radius 3 is 2.83 bits per heavy atom. The lowest BCUT2D eigenvalue weighted by molar-refractivity contribution is -0.118. The number of nitrogens with zero attached hydrogens (tertiary/aromatic N) is 2. The lowest BCUT2D eigenvalue weighted by Gasteiger charge is -2.12. The maximum Gasteiger partial charge on any atom is 0.262 e. The first-order valence-corrected chi connectivity index (χ1v) is 8.56. The van der Waals surface area contributed by atoms with E-state index in [2.05, 4.69) is 15.6 Å². The van der Waals surface area contributed by atoms with Gasteiger partial charge in [0.05, 0.1) is 18.3 Å². The number of fused-ring (bicyclic) bond motifs is 1. The van der Waals surface area contributed by atoms with Crippen LogP contribution in [0.2, 0.25) is 0 Å². The number of hydrogen-bond acceptors (Lipinski definition) is 4. The van der Waals surface area contributed by atoms with Crippen LogP contribution in [0.25, 0.3) is 5.65 Å². The van der Waals surface area contributed by atoms with Crippen LogP contribution in [0.15, 0.2) is 54.9 Å². The predicted octanol–water partition coefficient (Wildman–Crippen LogP) is 3.69. The third-order valence-electron chi connectivity index (χ3n) is 4.33. The summed E-state index contributed by atoms with van der Waals surface area (Å²) in [5.41, 5.74) is 2.09. The van der Waals surface area contributed by atoms with Gasteiger partial charge >= 0.3 is 0 Å². The molecule has 1 aliphatic rings. The number of ether oxygens (including phenoxy) is 1. The summed E-state index contributed by atoms with van der Waals surface area (Å²) in [6, 6.07) is 11.7. The zero-order valence-corrected chi connectivity index (χ0v) is 16.8. The third-order valence-corrected chi connectivity index (χ3v) is 4.33. The van der Waals surface area contributed by atoms with E-state index in [-0.39, 0.29) is 31.4 Å². The van der Waals surface area contributed by atoms with E-state index < -0.39 is 30.8 Å². The van der Waals surface area contributed by atoms with Gasteiger partial charge in [0, 0.05) is 30.6 Å². The third kappa shape index (κ3) is 5.56. The maximum atomic E-state index is 13.2. The molecule has 0 saturated carbocycles. The molecule has 1 aliphatic heterocycles. The van der Waals surface area contributed by atoms with Gasteiger partial charge < -0.3 is 14.5 Å². The lowest BCUT2D eigenvalue weighted by Crippen LogP contribution is -2.35. The van der Waals surface area contributed by atoms with E-state index >= 15 is 0 Å². The Bertz CT molecular complexity index is 951. The SMILES string of the molecule is Cl.Cl.O=C(Nc1cccc(OCc2cn3ccccc3n2)c1)C1CC(F)(F)CN1. The van der Waals surface area contributed by atoms with E-state index in [0.717, 1.165) is 11.3 Å². The smallest absolute Gasteiger partial charge is 0.262 e. The van der Waals surface area contributed by atoms with Gasteiger partial charge in [-0.1, -0.05) is 12.1 Å². The van der Waals surface area contributed by atoms with Crippen molar-refractivity contribution in [1.82, 2.24) is 14.7 Å². The van der Waals surface area contributed by atoms with E-state index in [0.29, 0.717) is 11.4 Å². The number of benzene rings is 1. The summed E-state index contributed by atoms with van der Waals surface area (Å²) >= 11 is 0. The molecule has 2 aromatic heterocycles. The van der Waals surface area contributed by atoms with Gasteiger partial charge in [-0.05, 0) is 24.3 Å². The Morgan fingerprint density at radius 2 is 2.10 bits per heavy atom. The molecule has 156 valence electrons. The summed E-state index contributed by atoms with van der Waals surface area (Å²) in [5, 5.41) is 5.18. The fraction of sp³-hybridized carbons (Fsp3) is 0.263. The number of carbonyl (C=O) groups is 1. The molecule has 3 aromatic rings. The van der Waals surface area contributed by atoms with Gasteiger partial charge in [-0.3, -0.25) is 10.1 Å². The first kappa shape index (κ1) is 22.9. The minimum Gasteiger partial charge on any atom is -0.487 e. The van der Waals surface area contributed by atoms with E-state index in [1.807, 2.05) is 35.0 Å². The number of rotatable bonds is 5. The standard InChI is InChI=1S/C19H18F2N4O2.2ClH/c20-19(21)9-16(22-12-19)18(26)24-13-4-3-5-15(8-13)27-11-14-10-25-7-2-1-6-17(25)23-14;;/h1-8,10,16,22H,9,11-12H2,(H,24,26);2*1H. The van der Waals surface area contributed by atoms with Crippen molar-refractivity contribution in [2.24, 2.45) is 0 Å². The number of amides is 1. The Kier molecular flexibility index (Phi) is 7.40. The van der Waals surface area contributed by atoms with Gasteiger partial charge in [0.1, 0.15) is 18.0 Å². The highest BCUT2D eigenvalue weighted by Crippen LogP contribution is 2.26. The van der Waals surface area contributed by atoms with Crippen LogP contribution >= 0.6 is 24.8 Å². The van der Waals surface area contributed by atoms with Crippen molar-refractivity contribution >= 4 is 42.1 Å². The average Bonchev–Trinajstić information content (AvgIpc) is 3.23. The van der Waals surface area contributed by atoms with Crippen molar-refractivity contribution < 1.29 is 18.3 Å². The monoisotopic (exact) mass is 444 g/mol. The number of hydrogen-bond donors (Lipinski definition) is 2. The average molecular weight is 445 g/mol. The summed E-state index contributed by atoms with van der Waals surface area (Å²) in [7, 11) is 0. The molecule has 10 heteroatoms. The van der Waals surface area contributed by atoms with Crippen molar-refractivity contribution in [3.63, 3.8) is 0 Å². The molecule has 4 rings (SSSR count). The van der Waals surface area contributed by atoms with Crippen LogP contribution in [0.5, 0.6) is 5.75 Å². The van der Waals surface area contributed by atoms with Crippen LogP contribution in [-0.2, 0) is 11.4 Å². The Morgan fingerprint density at radius 1 is 1.28 bits per heavy atom. The predicted molar refractivity (Wildman–Crippen MR) is 110 cm³/mol. The number of carbonyl (C=O) groups excluding carboxylic acids is 1. The molecule has 2 N–H and O–H groups in total. The first-order chi connectivity index (χ1) is 13.0. The van der Waals surface area contributed by atoms with E-state index in [9.17, 15) is 13.6 Å².